The van der Waals surface area contributed by atoms with Gasteiger partial charge in [0, 0.05) is 17.0 Å². The Bertz CT molecular complexity index is 819. The third-order valence-electron chi connectivity index (χ3n) is 4.59. The van der Waals surface area contributed by atoms with Crippen molar-refractivity contribution in [2.45, 2.75) is 30.1 Å². The van der Waals surface area contributed by atoms with Crippen LogP contribution in [0.25, 0.3) is 0 Å². The molecule has 2 amide bonds. The Kier molecular flexibility index (Phi) is 4.02. The van der Waals surface area contributed by atoms with E-state index in [0.29, 0.717) is 18.1 Å². The van der Waals surface area contributed by atoms with Gasteiger partial charge >= 0.3 is 0 Å². The smallest absolute Gasteiger partial charge is 0.234 e. The SMILES string of the molecule is O=C(C[C@H]1CCc2ccccc21)Nc1ccc2c(c1)NC(=O)CS2. The van der Waals surface area contributed by atoms with Gasteiger partial charge in [-0.2, -0.15) is 0 Å². The predicted molar refractivity (Wildman–Crippen MR) is 96.5 cm³/mol. The van der Waals surface area contributed by atoms with Crippen molar-refractivity contribution >= 4 is 35.0 Å². The Balaban J connectivity index is 1.44. The summed E-state index contributed by atoms with van der Waals surface area (Å²) >= 11 is 1.52. The number of rotatable bonds is 3. The number of hydrogen-bond acceptors (Lipinski definition) is 3. The predicted octanol–water partition coefficient (Wildman–Crippen LogP) is 3.79. The summed E-state index contributed by atoms with van der Waals surface area (Å²) in [6, 6.07) is 14.0. The van der Waals surface area contributed by atoms with Crippen molar-refractivity contribution in [3.63, 3.8) is 0 Å². The Morgan fingerprint density at radius 2 is 2.12 bits per heavy atom. The summed E-state index contributed by atoms with van der Waals surface area (Å²) in [6.45, 7) is 0. The van der Waals surface area contributed by atoms with E-state index in [1.807, 2.05) is 24.3 Å². The summed E-state index contributed by atoms with van der Waals surface area (Å²) < 4.78 is 0. The van der Waals surface area contributed by atoms with Gasteiger partial charge in [-0.15, -0.1) is 11.8 Å². The first-order chi connectivity index (χ1) is 11.7. The minimum Gasteiger partial charge on any atom is -0.326 e. The first kappa shape index (κ1) is 15.3. The molecule has 0 saturated heterocycles. The molecule has 4 rings (SSSR count). The van der Waals surface area contributed by atoms with Gasteiger partial charge in [0.15, 0.2) is 0 Å². The van der Waals surface area contributed by atoms with E-state index in [2.05, 4.69) is 28.8 Å². The van der Waals surface area contributed by atoms with E-state index in [1.54, 1.807) is 0 Å². The lowest BCUT2D eigenvalue weighted by Crippen LogP contribution is -2.19. The van der Waals surface area contributed by atoms with Crippen LogP contribution >= 0.6 is 11.8 Å². The molecule has 1 aliphatic carbocycles. The number of fused-ring (bicyclic) bond motifs is 2. The second-order valence-electron chi connectivity index (χ2n) is 6.23. The second kappa shape index (κ2) is 6.32. The fourth-order valence-corrected chi connectivity index (χ4v) is 4.24. The molecule has 0 spiro atoms. The second-order valence-corrected chi connectivity index (χ2v) is 7.25. The fraction of sp³-hybridized carbons (Fsp3) is 0.263. The number of nitrogens with one attached hydrogen (secondary N) is 2. The van der Waals surface area contributed by atoms with Crippen LogP contribution in [0.3, 0.4) is 0 Å². The number of hydrogen-bond donors (Lipinski definition) is 2. The maximum atomic E-state index is 12.4. The minimum absolute atomic E-state index is 0.00135. The van der Waals surface area contributed by atoms with Gasteiger partial charge in [-0.25, -0.2) is 0 Å². The van der Waals surface area contributed by atoms with Crippen LogP contribution in [-0.2, 0) is 16.0 Å². The molecule has 24 heavy (non-hydrogen) atoms. The summed E-state index contributed by atoms with van der Waals surface area (Å²) in [6.07, 6.45) is 2.58. The number of amides is 2. The van der Waals surface area contributed by atoms with Crippen LogP contribution in [0.4, 0.5) is 11.4 Å². The lowest BCUT2D eigenvalue weighted by atomic mass is 9.97. The topological polar surface area (TPSA) is 58.2 Å². The molecule has 2 aliphatic rings. The summed E-state index contributed by atoms with van der Waals surface area (Å²) in [5.74, 6) is 0.763. The quantitative estimate of drug-likeness (QED) is 0.895. The zero-order valence-corrected chi connectivity index (χ0v) is 14.0. The lowest BCUT2D eigenvalue weighted by molar-refractivity contribution is -0.116. The largest absolute Gasteiger partial charge is 0.326 e. The number of thioether (sulfide) groups is 1. The highest BCUT2D eigenvalue weighted by Crippen LogP contribution is 2.36. The number of anilines is 2. The molecule has 0 saturated carbocycles. The van der Waals surface area contributed by atoms with E-state index in [-0.39, 0.29) is 11.8 Å². The van der Waals surface area contributed by atoms with E-state index < -0.39 is 0 Å². The van der Waals surface area contributed by atoms with Crippen molar-refractivity contribution < 1.29 is 9.59 Å². The zero-order chi connectivity index (χ0) is 16.5. The lowest BCUT2D eigenvalue weighted by Gasteiger charge is -2.17. The van der Waals surface area contributed by atoms with E-state index in [0.717, 1.165) is 29.1 Å². The standard InChI is InChI=1S/C19H18N2O2S/c22-18(9-13-6-5-12-3-1-2-4-15(12)13)20-14-7-8-17-16(10-14)21-19(23)11-24-17/h1-4,7-8,10,13H,5-6,9,11H2,(H,20,22)(H,21,23)/t13-/m1/s1. The van der Waals surface area contributed by atoms with Crippen LogP contribution in [-0.4, -0.2) is 17.6 Å². The van der Waals surface area contributed by atoms with Crippen LogP contribution in [0.5, 0.6) is 0 Å². The van der Waals surface area contributed by atoms with Crippen LogP contribution in [0.2, 0.25) is 0 Å². The molecule has 0 bridgehead atoms. The van der Waals surface area contributed by atoms with Crippen LogP contribution in [0.15, 0.2) is 47.4 Å². The van der Waals surface area contributed by atoms with E-state index >= 15 is 0 Å². The Hall–Kier alpha value is -2.27. The molecule has 2 aromatic carbocycles. The molecule has 0 unspecified atom stereocenters. The fourth-order valence-electron chi connectivity index (χ4n) is 3.45. The Labute approximate surface area is 145 Å². The third kappa shape index (κ3) is 3.04. The van der Waals surface area contributed by atoms with Crippen LogP contribution < -0.4 is 10.6 Å². The van der Waals surface area contributed by atoms with Gasteiger partial charge in [0.2, 0.25) is 11.8 Å². The van der Waals surface area contributed by atoms with E-state index in [4.69, 9.17) is 0 Å². The van der Waals surface area contributed by atoms with Gasteiger partial charge in [-0.3, -0.25) is 9.59 Å². The van der Waals surface area contributed by atoms with Crippen molar-refractivity contribution in [2.75, 3.05) is 16.4 Å². The number of benzene rings is 2. The van der Waals surface area contributed by atoms with Crippen molar-refractivity contribution in [1.29, 1.82) is 0 Å². The highest BCUT2D eigenvalue weighted by atomic mass is 32.2. The molecule has 1 heterocycles. The molecular formula is C19H18N2O2S. The zero-order valence-electron chi connectivity index (χ0n) is 13.2. The van der Waals surface area contributed by atoms with Gasteiger partial charge < -0.3 is 10.6 Å². The van der Waals surface area contributed by atoms with Gasteiger partial charge in [0.25, 0.3) is 0 Å². The maximum Gasteiger partial charge on any atom is 0.234 e. The summed E-state index contributed by atoms with van der Waals surface area (Å²) in [5.41, 5.74) is 4.18. The molecule has 2 N–H and O–H groups in total. The first-order valence-corrected chi connectivity index (χ1v) is 9.12. The molecule has 0 radical (unpaired) electrons. The van der Waals surface area contributed by atoms with Crippen molar-refractivity contribution in [1.82, 2.24) is 0 Å². The third-order valence-corrected chi connectivity index (χ3v) is 5.66. The molecule has 0 fully saturated rings. The van der Waals surface area contributed by atoms with E-state index in [9.17, 15) is 9.59 Å². The van der Waals surface area contributed by atoms with Gasteiger partial charge in [0.1, 0.15) is 0 Å². The molecular weight excluding hydrogens is 320 g/mol. The number of carbonyl (C=O) groups excluding carboxylic acids is 2. The van der Waals surface area contributed by atoms with Crippen molar-refractivity contribution in [3.05, 3.63) is 53.6 Å². The van der Waals surface area contributed by atoms with E-state index in [1.165, 1.54) is 22.9 Å². The molecule has 4 nitrogen and oxygen atoms in total. The summed E-state index contributed by atoms with van der Waals surface area (Å²) in [7, 11) is 0. The average molecular weight is 338 g/mol. The highest BCUT2D eigenvalue weighted by molar-refractivity contribution is 8.00. The normalized spacial score (nSPS) is 18.5. The highest BCUT2D eigenvalue weighted by Gasteiger charge is 2.24. The molecule has 1 atom stereocenters. The average Bonchev–Trinajstić information content (AvgIpc) is 2.97. The molecule has 0 aromatic heterocycles. The minimum atomic E-state index is -0.00135. The molecule has 2 aromatic rings. The summed E-state index contributed by atoms with van der Waals surface area (Å²) in [4.78, 5) is 24.9. The van der Waals surface area contributed by atoms with Gasteiger partial charge in [-0.1, -0.05) is 24.3 Å². The van der Waals surface area contributed by atoms with Gasteiger partial charge in [-0.05, 0) is 48.1 Å². The Morgan fingerprint density at radius 3 is 3.04 bits per heavy atom. The maximum absolute atomic E-state index is 12.4. The first-order valence-electron chi connectivity index (χ1n) is 8.13. The van der Waals surface area contributed by atoms with Crippen molar-refractivity contribution in [3.8, 4) is 0 Å². The molecule has 1 aliphatic heterocycles. The van der Waals surface area contributed by atoms with Crippen molar-refractivity contribution in [2.24, 2.45) is 0 Å². The number of carbonyl (C=O) groups is 2. The Morgan fingerprint density at radius 1 is 1.25 bits per heavy atom. The molecule has 5 heteroatoms. The monoisotopic (exact) mass is 338 g/mol. The number of aryl methyl sites for hydroxylation is 1. The van der Waals surface area contributed by atoms with Gasteiger partial charge in [0.05, 0.1) is 11.4 Å². The van der Waals surface area contributed by atoms with Crippen LogP contribution in [0, 0.1) is 0 Å². The summed E-state index contributed by atoms with van der Waals surface area (Å²) in [5, 5.41) is 5.81. The van der Waals surface area contributed by atoms with Crippen LogP contribution in [0.1, 0.15) is 29.9 Å². The molecule has 122 valence electrons.